The molecule has 1 aromatic rings. The lowest BCUT2D eigenvalue weighted by atomic mass is 10.2. The van der Waals surface area contributed by atoms with Crippen molar-refractivity contribution < 1.29 is 0 Å². The highest BCUT2D eigenvalue weighted by Gasteiger charge is 2.12. The molecule has 0 aromatic carbocycles. The second-order valence-electron chi connectivity index (χ2n) is 4.33. The van der Waals surface area contributed by atoms with E-state index in [1.54, 1.807) is 0 Å². The normalized spacial score (nSPS) is 11.1. The number of aromatic nitrogens is 2. The van der Waals surface area contributed by atoms with Crippen molar-refractivity contribution in [3.8, 4) is 0 Å². The van der Waals surface area contributed by atoms with E-state index in [2.05, 4.69) is 31.2 Å². The van der Waals surface area contributed by atoms with Gasteiger partial charge in [0, 0.05) is 19.2 Å². The molecule has 4 heteroatoms. The van der Waals surface area contributed by atoms with E-state index in [1.165, 1.54) is 35.6 Å². The molecule has 0 amide bonds. The second-order valence-corrected chi connectivity index (χ2v) is 5.41. The maximum Gasteiger partial charge on any atom is 0.0984 e. The summed E-state index contributed by atoms with van der Waals surface area (Å²) in [6.45, 7) is 8.43. The van der Waals surface area contributed by atoms with Gasteiger partial charge >= 0.3 is 0 Å². The van der Waals surface area contributed by atoms with Crippen molar-refractivity contribution in [3.05, 3.63) is 11.3 Å². The summed E-state index contributed by atoms with van der Waals surface area (Å²) < 4.78 is 2.03. The molecule has 1 N–H and O–H groups in total. The van der Waals surface area contributed by atoms with Gasteiger partial charge in [-0.25, -0.2) is 0 Å². The maximum atomic E-state index is 4.52. The summed E-state index contributed by atoms with van der Waals surface area (Å²) >= 11 is 1.95. The molecular weight excluding hydrogens is 230 g/mol. The number of hydrogen-bond acceptors (Lipinski definition) is 3. The highest BCUT2D eigenvalue weighted by molar-refractivity contribution is 7.99. The van der Waals surface area contributed by atoms with Crippen molar-refractivity contribution in [2.45, 2.75) is 51.6 Å². The third-order valence-corrected chi connectivity index (χ3v) is 4.10. The number of rotatable bonds is 8. The molecule has 0 aliphatic carbocycles. The van der Waals surface area contributed by atoms with Crippen molar-refractivity contribution in [1.29, 1.82) is 0 Å². The smallest absolute Gasteiger partial charge is 0.0984 e. The highest BCUT2D eigenvalue weighted by Crippen LogP contribution is 2.25. The third-order valence-electron chi connectivity index (χ3n) is 2.83. The average molecular weight is 255 g/mol. The van der Waals surface area contributed by atoms with Gasteiger partial charge in [0.05, 0.1) is 10.7 Å². The first-order valence-electron chi connectivity index (χ1n) is 6.56. The Morgan fingerprint density at radius 2 is 2.06 bits per heavy atom. The number of aryl methyl sites for hydroxylation is 2. The van der Waals surface area contributed by atoms with E-state index in [4.69, 9.17) is 0 Å². The molecule has 0 bridgehead atoms. The van der Waals surface area contributed by atoms with E-state index < -0.39 is 0 Å². The van der Waals surface area contributed by atoms with Gasteiger partial charge in [0.1, 0.15) is 0 Å². The molecule has 0 unspecified atom stereocenters. The summed E-state index contributed by atoms with van der Waals surface area (Å²) in [5, 5.41) is 9.25. The Balaban J connectivity index is 2.61. The Bertz CT molecular complexity index is 334. The number of unbranched alkanes of at least 4 members (excludes halogenated alkanes) is 2. The van der Waals surface area contributed by atoms with Gasteiger partial charge in [-0.05, 0) is 25.6 Å². The Morgan fingerprint density at radius 1 is 1.29 bits per heavy atom. The molecule has 17 heavy (non-hydrogen) atoms. The van der Waals surface area contributed by atoms with Crippen LogP contribution in [0.5, 0.6) is 0 Å². The average Bonchev–Trinajstić information content (AvgIpc) is 2.57. The van der Waals surface area contributed by atoms with Crippen LogP contribution in [0.15, 0.2) is 5.03 Å². The molecule has 1 aromatic heterocycles. The number of thioether (sulfide) groups is 1. The lowest BCUT2D eigenvalue weighted by Gasteiger charge is -2.06. The Hall–Kier alpha value is -0.480. The molecule has 0 saturated heterocycles. The van der Waals surface area contributed by atoms with Crippen LogP contribution in [0.25, 0.3) is 0 Å². The molecule has 1 rings (SSSR count). The molecule has 0 saturated carbocycles. The summed E-state index contributed by atoms with van der Waals surface area (Å²) in [7, 11) is 2.05. The Kier molecular flexibility index (Phi) is 6.66. The second kappa shape index (κ2) is 7.77. The van der Waals surface area contributed by atoms with Crippen LogP contribution in [0.1, 0.15) is 44.4 Å². The SMILES string of the molecule is CCCCCSc1c(CNCC)c(C)nn1C. The van der Waals surface area contributed by atoms with Gasteiger partial charge in [-0.2, -0.15) is 5.10 Å². The fourth-order valence-corrected chi connectivity index (χ4v) is 3.00. The predicted molar refractivity (Wildman–Crippen MR) is 75.6 cm³/mol. The van der Waals surface area contributed by atoms with Crippen molar-refractivity contribution >= 4 is 11.8 Å². The molecule has 0 atom stereocenters. The van der Waals surface area contributed by atoms with Crippen molar-refractivity contribution in [2.24, 2.45) is 7.05 Å². The monoisotopic (exact) mass is 255 g/mol. The van der Waals surface area contributed by atoms with Gasteiger partial charge in [-0.1, -0.05) is 26.7 Å². The van der Waals surface area contributed by atoms with Crippen LogP contribution in [0.2, 0.25) is 0 Å². The zero-order valence-electron chi connectivity index (χ0n) is 11.5. The zero-order chi connectivity index (χ0) is 12.7. The lowest BCUT2D eigenvalue weighted by molar-refractivity contribution is 0.672. The van der Waals surface area contributed by atoms with Crippen LogP contribution in [0.3, 0.4) is 0 Å². The van der Waals surface area contributed by atoms with E-state index in [9.17, 15) is 0 Å². The minimum atomic E-state index is 0.937. The first-order valence-corrected chi connectivity index (χ1v) is 7.55. The predicted octanol–water partition coefficient (Wildman–Crippen LogP) is 3.12. The maximum absolute atomic E-state index is 4.52. The number of hydrogen-bond donors (Lipinski definition) is 1. The van der Waals surface area contributed by atoms with E-state index >= 15 is 0 Å². The molecule has 0 aliphatic rings. The van der Waals surface area contributed by atoms with Crippen molar-refractivity contribution in [1.82, 2.24) is 15.1 Å². The van der Waals surface area contributed by atoms with Crippen LogP contribution in [0.4, 0.5) is 0 Å². The van der Waals surface area contributed by atoms with Crippen LogP contribution in [-0.4, -0.2) is 22.1 Å². The Labute approximate surface area is 109 Å². The molecule has 0 spiro atoms. The summed E-state index contributed by atoms with van der Waals surface area (Å²) in [4.78, 5) is 0. The van der Waals surface area contributed by atoms with Gasteiger partial charge in [-0.3, -0.25) is 4.68 Å². The van der Waals surface area contributed by atoms with Crippen LogP contribution >= 0.6 is 11.8 Å². The summed E-state index contributed by atoms with van der Waals surface area (Å²) in [6, 6.07) is 0. The third kappa shape index (κ3) is 4.36. The van der Waals surface area contributed by atoms with E-state index in [-0.39, 0.29) is 0 Å². The summed E-state index contributed by atoms with van der Waals surface area (Å²) in [5.41, 5.74) is 2.53. The van der Waals surface area contributed by atoms with E-state index in [0.717, 1.165) is 18.8 Å². The van der Waals surface area contributed by atoms with Crippen LogP contribution < -0.4 is 5.32 Å². The zero-order valence-corrected chi connectivity index (χ0v) is 12.4. The minimum absolute atomic E-state index is 0.937. The van der Waals surface area contributed by atoms with Crippen LogP contribution in [0, 0.1) is 6.92 Å². The molecule has 3 nitrogen and oxygen atoms in total. The quantitative estimate of drug-likeness (QED) is 0.572. The number of nitrogens with zero attached hydrogens (tertiary/aromatic N) is 2. The fraction of sp³-hybridized carbons (Fsp3) is 0.769. The topological polar surface area (TPSA) is 29.9 Å². The highest BCUT2D eigenvalue weighted by atomic mass is 32.2. The summed E-state index contributed by atoms with van der Waals surface area (Å²) in [5.74, 6) is 1.20. The van der Waals surface area contributed by atoms with Gasteiger partial charge in [-0.15, -0.1) is 11.8 Å². The minimum Gasteiger partial charge on any atom is -0.313 e. The molecule has 0 aliphatic heterocycles. The van der Waals surface area contributed by atoms with Crippen LogP contribution in [-0.2, 0) is 13.6 Å². The lowest BCUT2D eigenvalue weighted by Crippen LogP contribution is -2.12. The van der Waals surface area contributed by atoms with E-state index in [0.29, 0.717) is 0 Å². The molecule has 0 fully saturated rings. The van der Waals surface area contributed by atoms with E-state index in [1.807, 2.05) is 23.5 Å². The molecule has 0 radical (unpaired) electrons. The number of nitrogens with one attached hydrogen (secondary N) is 1. The molecule has 1 heterocycles. The molecular formula is C13H25N3S. The van der Waals surface area contributed by atoms with Crippen molar-refractivity contribution in [3.63, 3.8) is 0 Å². The van der Waals surface area contributed by atoms with Crippen molar-refractivity contribution in [2.75, 3.05) is 12.3 Å². The standard InChI is InChI=1S/C13H25N3S/c1-5-7-8-9-17-13-12(10-14-6-2)11(3)15-16(13)4/h14H,5-10H2,1-4H3. The Morgan fingerprint density at radius 3 is 2.71 bits per heavy atom. The van der Waals surface area contributed by atoms with Gasteiger partial charge in [0.15, 0.2) is 0 Å². The van der Waals surface area contributed by atoms with Gasteiger partial charge < -0.3 is 5.32 Å². The first-order chi connectivity index (χ1) is 8.20. The van der Waals surface area contributed by atoms with Gasteiger partial charge in [0.25, 0.3) is 0 Å². The van der Waals surface area contributed by atoms with Gasteiger partial charge in [0.2, 0.25) is 0 Å². The summed E-state index contributed by atoms with van der Waals surface area (Å²) in [6.07, 6.45) is 3.91. The largest absolute Gasteiger partial charge is 0.313 e. The fourth-order valence-electron chi connectivity index (χ4n) is 1.84. The molecule has 98 valence electrons. The first kappa shape index (κ1) is 14.6.